The van der Waals surface area contributed by atoms with Crippen LogP contribution in [0.25, 0.3) is 0 Å². The number of halogens is 1. The fourth-order valence-electron chi connectivity index (χ4n) is 2.50. The van der Waals surface area contributed by atoms with E-state index in [0.717, 1.165) is 29.7 Å². The molecule has 1 atom stereocenters. The van der Waals surface area contributed by atoms with Crippen LogP contribution in [-0.2, 0) is 12.8 Å². The Hall–Kier alpha value is -1.48. The predicted octanol–water partition coefficient (Wildman–Crippen LogP) is 4.50. The quantitative estimate of drug-likeness (QED) is 0.685. The van der Waals surface area contributed by atoms with Crippen LogP contribution in [0.2, 0.25) is 0 Å². The van der Waals surface area contributed by atoms with E-state index in [1.807, 2.05) is 24.3 Å². The van der Waals surface area contributed by atoms with Gasteiger partial charge in [-0.3, -0.25) is 0 Å². The lowest BCUT2D eigenvalue weighted by atomic mass is 9.93. The van der Waals surface area contributed by atoms with E-state index in [1.165, 1.54) is 11.1 Å². The minimum absolute atomic E-state index is 0.522. The Kier molecular flexibility index (Phi) is 6.12. The second kappa shape index (κ2) is 8.08. The zero-order valence-electron chi connectivity index (χ0n) is 12.5. The number of para-hydroxylation sites is 1. The zero-order chi connectivity index (χ0) is 15.1. The molecule has 0 aliphatic heterocycles. The first kappa shape index (κ1) is 15.9. The number of methoxy groups -OCH3 is 2. The molecular weight excluding hydrogens is 328 g/mol. The van der Waals surface area contributed by atoms with Gasteiger partial charge >= 0.3 is 0 Å². The third-order valence-electron chi connectivity index (χ3n) is 3.58. The standard InChI is InChI=1S/C18H21BrO2/c1-20-17-8-5-6-14(12-17)10-15(13-19)11-16-7-3-4-9-18(16)21-2/h3-9,12,15H,10-11,13H2,1-2H3. The summed E-state index contributed by atoms with van der Waals surface area (Å²) in [5.74, 6) is 2.40. The third kappa shape index (κ3) is 4.50. The van der Waals surface area contributed by atoms with E-state index in [1.54, 1.807) is 14.2 Å². The molecule has 3 heteroatoms. The number of hydrogen-bond acceptors (Lipinski definition) is 2. The van der Waals surface area contributed by atoms with Gasteiger partial charge in [0.15, 0.2) is 0 Å². The Morgan fingerprint density at radius 3 is 2.48 bits per heavy atom. The smallest absolute Gasteiger partial charge is 0.122 e. The maximum absolute atomic E-state index is 5.44. The average molecular weight is 349 g/mol. The molecule has 0 heterocycles. The van der Waals surface area contributed by atoms with Crippen molar-refractivity contribution in [1.82, 2.24) is 0 Å². The van der Waals surface area contributed by atoms with Crippen LogP contribution in [0.15, 0.2) is 48.5 Å². The van der Waals surface area contributed by atoms with E-state index < -0.39 is 0 Å². The monoisotopic (exact) mass is 348 g/mol. The molecule has 0 fully saturated rings. The second-order valence-corrected chi connectivity index (χ2v) is 5.74. The summed E-state index contributed by atoms with van der Waals surface area (Å²) in [5.41, 5.74) is 2.56. The summed E-state index contributed by atoms with van der Waals surface area (Å²) in [6.07, 6.45) is 2.01. The van der Waals surface area contributed by atoms with Crippen LogP contribution < -0.4 is 9.47 Å². The van der Waals surface area contributed by atoms with Crippen LogP contribution in [0, 0.1) is 5.92 Å². The summed E-state index contributed by atoms with van der Waals surface area (Å²) in [4.78, 5) is 0. The van der Waals surface area contributed by atoms with Crippen LogP contribution >= 0.6 is 15.9 Å². The molecule has 2 aromatic carbocycles. The molecule has 0 aliphatic rings. The van der Waals surface area contributed by atoms with Gasteiger partial charge in [-0.1, -0.05) is 46.3 Å². The maximum Gasteiger partial charge on any atom is 0.122 e. The van der Waals surface area contributed by atoms with Crippen molar-refractivity contribution in [3.05, 3.63) is 59.7 Å². The van der Waals surface area contributed by atoms with E-state index in [4.69, 9.17) is 9.47 Å². The number of hydrogen-bond donors (Lipinski definition) is 0. The largest absolute Gasteiger partial charge is 0.497 e. The summed E-state index contributed by atoms with van der Waals surface area (Å²) in [5, 5.41) is 0.961. The molecule has 0 saturated heterocycles. The van der Waals surface area contributed by atoms with Crippen LogP contribution in [0.4, 0.5) is 0 Å². The average Bonchev–Trinajstić information content (AvgIpc) is 2.54. The van der Waals surface area contributed by atoms with Crippen molar-refractivity contribution in [2.24, 2.45) is 5.92 Å². The SMILES string of the molecule is COc1cccc(CC(CBr)Cc2ccccc2OC)c1. The Labute approximate surface area is 135 Å². The Morgan fingerprint density at radius 1 is 0.952 bits per heavy atom. The molecule has 112 valence electrons. The third-order valence-corrected chi connectivity index (χ3v) is 4.49. The highest BCUT2D eigenvalue weighted by atomic mass is 79.9. The maximum atomic E-state index is 5.44. The normalized spacial score (nSPS) is 12.0. The summed E-state index contributed by atoms with van der Waals surface area (Å²) >= 11 is 3.64. The molecule has 2 aromatic rings. The van der Waals surface area contributed by atoms with Crippen molar-refractivity contribution < 1.29 is 9.47 Å². The molecule has 0 radical (unpaired) electrons. The first-order chi connectivity index (χ1) is 10.3. The van der Waals surface area contributed by atoms with Crippen LogP contribution in [0.5, 0.6) is 11.5 Å². The summed E-state index contributed by atoms with van der Waals surface area (Å²) in [7, 11) is 3.43. The van der Waals surface area contributed by atoms with Gasteiger partial charge in [-0.05, 0) is 48.1 Å². The molecule has 2 rings (SSSR count). The fraction of sp³-hybridized carbons (Fsp3) is 0.333. The van der Waals surface area contributed by atoms with Crippen molar-refractivity contribution in [3.8, 4) is 11.5 Å². The van der Waals surface area contributed by atoms with Gasteiger partial charge in [-0.15, -0.1) is 0 Å². The predicted molar refractivity (Wildman–Crippen MR) is 90.7 cm³/mol. The lowest BCUT2D eigenvalue weighted by Gasteiger charge is -2.16. The summed E-state index contributed by atoms with van der Waals surface area (Å²) in [6, 6.07) is 16.5. The lowest BCUT2D eigenvalue weighted by molar-refractivity contribution is 0.405. The summed E-state index contributed by atoms with van der Waals surface area (Å²) in [6.45, 7) is 0. The second-order valence-electron chi connectivity index (χ2n) is 5.09. The van der Waals surface area contributed by atoms with Crippen molar-refractivity contribution in [2.75, 3.05) is 19.5 Å². The highest BCUT2D eigenvalue weighted by Gasteiger charge is 2.12. The van der Waals surface area contributed by atoms with Crippen molar-refractivity contribution in [2.45, 2.75) is 12.8 Å². The highest BCUT2D eigenvalue weighted by molar-refractivity contribution is 9.09. The van der Waals surface area contributed by atoms with Gasteiger partial charge in [0.2, 0.25) is 0 Å². The molecule has 0 aromatic heterocycles. The highest BCUT2D eigenvalue weighted by Crippen LogP contribution is 2.25. The van der Waals surface area contributed by atoms with Crippen molar-refractivity contribution in [3.63, 3.8) is 0 Å². The van der Waals surface area contributed by atoms with Crippen LogP contribution in [0.3, 0.4) is 0 Å². The van der Waals surface area contributed by atoms with Gasteiger partial charge in [-0.25, -0.2) is 0 Å². The van der Waals surface area contributed by atoms with Crippen LogP contribution in [0.1, 0.15) is 11.1 Å². The topological polar surface area (TPSA) is 18.5 Å². The molecular formula is C18H21BrO2. The van der Waals surface area contributed by atoms with Gasteiger partial charge < -0.3 is 9.47 Å². The number of alkyl halides is 1. The molecule has 1 unspecified atom stereocenters. The minimum atomic E-state index is 0.522. The Balaban J connectivity index is 2.09. The molecule has 0 aliphatic carbocycles. The molecule has 0 amide bonds. The van der Waals surface area contributed by atoms with E-state index in [2.05, 4.69) is 40.2 Å². The van der Waals surface area contributed by atoms with E-state index in [-0.39, 0.29) is 0 Å². The molecule has 0 saturated carbocycles. The first-order valence-corrected chi connectivity index (χ1v) is 8.19. The molecule has 0 bridgehead atoms. The fourth-order valence-corrected chi connectivity index (χ4v) is 2.95. The van der Waals surface area contributed by atoms with Crippen molar-refractivity contribution in [1.29, 1.82) is 0 Å². The Morgan fingerprint density at radius 2 is 1.76 bits per heavy atom. The van der Waals surface area contributed by atoms with E-state index in [9.17, 15) is 0 Å². The number of benzene rings is 2. The molecule has 0 spiro atoms. The van der Waals surface area contributed by atoms with Gasteiger partial charge in [0, 0.05) is 5.33 Å². The lowest BCUT2D eigenvalue weighted by Crippen LogP contribution is -2.10. The number of rotatable bonds is 7. The van der Waals surface area contributed by atoms with E-state index in [0.29, 0.717) is 5.92 Å². The van der Waals surface area contributed by atoms with Gasteiger partial charge in [0.25, 0.3) is 0 Å². The molecule has 0 N–H and O–H groups in total. The van der Waals surface area contributed by atoms with Gasteiger partial charge in [0.1, 0.15) is 11.5 Å². The Bertz CT molecular complexity index is 569. The van der Waals surface area contributed by atoms with Crippen LogP contribution in [-0.4, -0.2) is 19.5 Å². The van der Waals surface area contributed by atoms with Gasteiger partial charge in [-0.2, -0.15) is 0 Å². The molecule has 2 nitrogen and oxygen atoms in total. The first-order valence-electron chi connectivity index (χ1n) is 7.07. The zero-order valence-corrected chi connectivity index (χ0v) is 14.1. The molecule has 21 heavy (non-hydrogen) atoms. The van der Waals surface area contributed by atoms with Crippen molar-refractivity contribution >= 4 is 15.9 Å². The van der Waals surface area contributed by atoms with E-state index >= 15 is 0 Å². The number of ether oxygens (including phenoxy) is 2. The minimum Gasteiger partial charge on any atom is -0.497 e. The summed E-state index contributed by atoms with van der Waals surface area (Å²) < 4.78 is 10.7. The van der Waals surface area contributed by atoms with Gasteiger partial charge in [0.05, 0.1) is 14.2 Å².